The van der Waals surface area contributed by atoms with Crippen LogP contribution in [0.1, 0.15) is 49.2 Å². The number of nitrogens with zero attached hydrogens (tertiary/aromatic N) is 2. The smallest absolute Gasteiger partial charge is 0.338 e. The topological polar surface area (TPSA) is 60.9 Å². The largest absolute Gasteiger partial charge is 0.545 e. The number of carbonyl (C=O) groups excluding carboxylic acids is 1. The molecule has 0 radical (unpaired) electrons. The monoisotopic (exact) mass is 492 g/mol. The summed E-state index contributed by atoms with van der Waals surface area (Å²) in [5.41, 5.74) is 4.13. The number of esters is 1. The van der Waals surface area contributed by atoms with Gasteiger partial charge in [-0.1, -0.05) is 32.9 Å². The number of rotatable bonds is 9. The number of benzene rings is 2. The van der Waals surface area contributed by atoms with Crippen LogP contribution >= 0.6 is 0 Å². The molecule has 0 aliphatic rings. The summed E-state index contributed by atoms with van der Waals surface area (Å²) in [6, 6.07) is 15.5. The Morgan fingerprint density at radius 3 is 2.46 bits per heavy atom. The molecule has 6 nitrogen and oxygen atoms in total. The van der Waals surface area contributed by atoms with Crippen molar-refractivity contribution >= 4 is 26.4 Å². The van der Waals surface area contributed by atoms with Crippen molar-refractivity contribution in [1.82, 2.24) is 4.98 Å². The molecule has 186 valence electrons. The average Bonchev–Trinajstić information content (AvgIpc) is 2.82. The molecular weight excluding hydrogens is 456 g/mol. The van der Waals surface area contributed by atoms with Gasteiger partial charge in [0.1, 0.15) is 11.5 Å². The Hall–Kier alpha value is -3.32. The molecule has 7 heteroatoms. The van der Waals surface area contributed by atoms with E-state index in [1.807, 2.05) is 48.7 Å². The third-order valence-corrected chi connectivity index (χ3v) is 6.15. The van der Waals surface area contributed by atoms with Crippen molar-refractivity contribution in [3.8, 4) is 11.5 Å². The summed E-state index contributed by atoms with van der Waals surface area (Å²) in [4.78, 5) is 19.0. The van der Waals surface area contributed by atoms with Gasteiger partial charge in [-0.15, -0.1) is 0 Å². The highest BCUT2D eigenvalue weighted by Crippen LogP contribution is 2.47. The highest BCUT2D eigenvalue weighted by molar-refractivity contribution is 6.49. The van der Waals surface area contributed by atoms with Crippen molar-refractivity contribution in [3.63, 3.8) is 0 Å². The van der Waals surface area contributed by atoms with Gasteiger partial charge in [0.15, 0.2) is 0 Å². The van der Waals surface area contributed by atoms with Crippen LogP contribution in [0.5, 0.6) is 11.5 Å². The van der Waals surface area contributed by atoms with Crippen LogP contribution in [0.4, 0.5) is 11.4 Å². The standard InChI is InChI=1S/C28H36N2O4Si/c1-8-33-27(31)21-12-9-13-22(17-21)30(19-20-11-10-16-29-18-20)23-14-15-24(32-5)25(28(2,3)4)26(23)34-35(6)7/h9-18,35H,8,19H2,1-7H3. The van der Waals surface area contributed by atoms with E-state index in [0.717, 1.165) is 34.0 Å². The lowest BCUT2D eigenvalue weighted by Crippen LogP contribution is -2.24. The number of hydrogen-bond acceptors (Lipinski definition) is 6. The fourth-order valence-electron chi connectivity index (χ4n) is 4.01. The van der Waals surface area contributed by atoms with Crippen LogP contribution in [0.25, 0.3) is 0 Å². The molecular formula is C28H36N2O4Si. The predicted octanol–water partition coefficient (Wildman–Crippen LogP) is 6.26. The predicted molar refractivity (Wildman–Crippen MR) is 144 cm³/mol. The number of methoxy groups -OCH3 is 1. The molecule has 35 heavy (non-hydrogen) atoms. The Balaban J connectivity index is 2.26. The van der Waals surface area contributed by atoms with Crippen LogP contribution < -0.4 is 14.1 Å². The quantitative estimate of drug-likeness (QED) is 0.259. The van der Waals surface area contributed by atoms with Gasteiger partial charge in [0.05, 0.1) is 25.0 Å². The van der Waals surface area contributed by atoms with E-state index in [1.54, 1.807) is 26.3 Å². The van der Waals surface area contributed by atoms with E-state index in [9.17, 15) is 4.79 Å². The molecule has 2 aromatic carbocycles. The molecule has 1 heterocycles. The van der Waals surface area contributed by atoms with Crippen molar-refractivity contribution < 1.29 is 18.7 Å². The van der Waals surface area contributed by atoms with Gasteiger partial charge in [0.2, 0.25) is 9.04 Å². The SMILES string of the molecule is CCOC(=O)c1cccc(N(Cc2cccnc2)c2ccc(OC)c(C(C)(C)C)c2O[SiH](C)C)c1. The number of anilines is 2. The Morgan fingerprint density at radius 2 is 1.86 bits per heavy atom. The normalized spacial score (nSPS) is 11.3. The minimum absolute atomic E-state index is 0.216. The van der Waals surface area contributed by atoms with Gasteiger partial charge in [-0.05, 0) is 67.4 Å². The lowest BCUT2D eigenvalue weighted by Gasteiger charge is -2.33. The summed E-state index contributed by atoms with van der Waals surface area (Å²) in [5, 5.41) is 0. The molecule has 0 spiro atoms. The Labute approximate surface area is 210 Å². The van der Waals surface area contributed by atoms with Crippen molar-refractivity contribution in [2.24, 2.45) is 0 Å². The molecule has 0 N–H and O–H groups in total. The van der Waals surface area contributed by atoms with Crippen molar-refractivity contribution in [2.45, 2.75) is 52.7 Å². The third-order valence-electron chi connectivity index (χ3n) is 5.45. The second kappa shape index (κ2) is 11.4. The molecule has 0 unspecified atom stereocenters. The fraction of sp³-hybridized carbons (Fsp3) is 0.357. The Kier molecular flexibility index (Phi) is 8.56. The molecule has 0 aliphatic carbocycles. The molecule has 3 rings (SSSR count). The van der Waals surface area contributed by atoms with E-state index in [4.69, 9.17) is 13.9 Å². The first-order valence-electron chi connectivity index (χ1n) is 12.0. The van der Waals surface area contributed by atoms with Crippen LogP contribution in [0, 0.1) is 0 Å². The highest BCUT2D eigenvalue weighted by atomic mass is 28.3. The number of carbonyl (C=O) groups is 1. The van der Waals surface area contributed by atoms with E-state index >= 15 is 0 Å². The second-order valence-corrected chi connectivity index (χ2v) is 12.0. The van der Waals surface area contributed by atoms with Gasteiger partial charge in [0, 0.05) is 30.2 Å². The summed E-state index contributed by atoms with van der Waals surface area (Å²) in [7, 11) is 0.210. The minimum Gasteiger partial charge on any atom is -0.545 e. The van der Waals surface area contributed by atoms with Crippen molar-refractivity contribution in [1.29, 1.82) is 0 Å². The summed E-state index contributed by atoms with van der Waals surface area (Å²) in [6.45, 7) is 13.5. The van der Waals surface area contributed by atoms with Gasteiger partial charge in [-0.2, -0.15) is 0 Å². The van der Waals surface area contributed by atoms with E-state index in [-0.39, 0.29) is 11.4 Å². The first-order valence-corrected chi connectivity index (χ1v) is 14.8. The van der Waals surface area contributed by atoms with Crippen molar-refractivity contribution in [3.05, 3.63) is 77.6 Å². The van der Waals surface area contributed by atoms with Crippen LogP contribution in [0.2, 0.25) is 13.1 Å². The van der Waals surface area contributed by atoms with Crippen LogP contribution in [0.3, 0.4) is 0 Å². The Bertz CT molecular complexity index is 1140. The molecule has 0 saturated carbocycles. The fourth-order valence-corrected chi connectivity index (χ4v) is 4.72. The molecule has 0 aliphatic heterocycles. The van der Waals surface area contributed by atoms with Gasteiger partial charge < -0.3 is 18.8 Å². The van der Waals surface area contributed by atoms with Crippen LogP contribution in [0.15, 0.2) is 60.9 Å². The molecule has 0 bridgehead atoms. The molecule has 1 aromatic heterocycles. The third kappa shape index (κ3) is 6.42. The van der Waals surface area contributed by atoms with Gasteiger partial charge in [-0.25, -0.2) is 4.79 Å². The summed E-state index contributed by atoms with van der Waals surface area (Å²) in [6.07, 6.45) is 3.62. The van der Waals surface area contributed by atoms with Crippen LogP contribution in [-0.4, -0.2) is 33.7 Å². The number of aromatic nitrogens is 1. The number of ether oxygens (including phenoxy) is 2. The Morgan fingerprint density at radius 1 is 1.09 bits per heavy atom. The van der Waals surface area contributed by atoms with E-state index in [0.29, 0.717) is 18.7 Å². The first-order chi connectivity index (χ1) is 16.7. The maximum absolute atomic E-state index is 12.5. The summed E-state index contributed by atoms with van der Waals surface area (Å²) < 4.78 is 17.6. The first kappa shape index (κ1) is 26.3. The van der Waals surface area contributed by atoms with Gasteiger partial charge in [-0.3, -0.25) is 4.98 Å². The maximum Gasteiger partial charge on any atom is 0.338 e. The zero-order valence-electron chi connectivity index (χ0n) is 21.8. The lowest BCUT2D eigenvalue weighted by molar-refractivity contribution is 0.0526. The van der Waals surface area contributed by atoms with Gasteiger partial charge in [0.25, 0.3) is 0 Å². The molecule has 0 atom stereocenters. The summed E-state index contributed by atoms with van der Waals surface area (Å²) in [5.74, 6) is 1.28. The molecule has 3 aromatic rings. The molecule has 0 saturated heterocycles. The minimum atomic E-state index is -1.48. The summed E-state index contributed by atoms with van der Waals surface area (Å²) >= 11 is 0. The van der Waals surface area contributed by atoms with Crippen LogP contribution in [-0.2, 0) is 16.7 Å². The highest BCUT2D eigenvalue weighted by Gasteiger charge is 2.29. The van der Waals surface area contributed by atoms with Crippen molar-refractivity contribution in [2.75, 3.05) is 18.6 Å². The van der Waals surface area contributed by atoms with Gasteiger partial charge >= 0.3 is 5.97 Å². The van der Waals surface area contributed by atoms with E-state index in [1.165, 1.54) is 0 Å². The van der Waals surface area contributed by atoms with E-state index in [2.05, 4.69) is 43.7 Å². The number of pyridine rings is 1. The van der Waals surface area contributed by atoms with E-state index < -0.39 is 9.04 Å². The molecule has 0 fully saturated rings. The average molecular weight is 493 g/mol. The maximum atomic E-state index is 12.5. The zero-order valence-corrected chi connectivity index (χ0v) is 22.9. The number of hydrogen-bond donors (Lipinski definition) is 0. The second-order valence-electron chi connectivity index (χ2n) is 9.63. The molecule has 0 amide bonds. The zero-order chi connectivity index (χ0) is 25.6. The lowest BCUT2D eigenvalue weighted by atomic mass is 9.85.